The van der Waals surface area contributed by atoms with E-state index in [-0.39, 0.29) is 25.1 Å². The molecule has 0 fully saturated rings. The number of amides is 2. The Hall–Kier alpha value is -3.49. The maximum absolute atomic E-state index is 12.2. The van der Waals surface area contributed by atoms with Gasteiger partial charge in [0, 0.05) is 13.0 Å². The van der Waals surface area contributed by atoms with Crippen LogP contribution in [0.4, 0.5) is 0 Å². The molecule has 0 aliphatic heterocycles. The van der Waals surface area contributed by atoms with E-state index in [0.29, 0.717) is 17.1 Å². The van der Waals surface area contributed by atoms with Crippen LogP contribution in [-0.4, -0.2) is 43.7 Å². The molecule has 0 aliphatic carbocycles. The number of methoxy groups -OCH3 is 2. The fraction of sp³-hybridized carbons (Fsp3) is 0.316. The molecule has 9 heteroatoms. The van der Waals surface area contributed by atoms with Crippen LogP contribution < -0.4 is 20.1 Å². The standard InChI is InChI=1S/C19H22N2O7/c1-26-14-6-5-12(10-16(14)27-2)13(11-18(23)24)21-17(22)7-8-20-19(25)15-4-3-9-28-15/h3-6,9-10,13H,7-8,11H2,1-2H3,(H,20,25)(H,21,22)(H,23,24). The number of ether oxygens (including phenoxy) is 2. The maximum Gasteiger partial charge on any atom is 0.305 e. The van der Waals surface area contributed by atoms with Crippen molar-refractivity contribution in [2.24, 2.45) is 0 Å². The molecule has 1 aromatic carbocycles. The number of nitrogens with one attached hydrogen (secondary N) is 2. The number of carboxylic acids is 1. The van der Waals surface area contributed by atoms with Gasteiger partial charge in [-0.1, -0.05) is 6.07 Å². The molecule has 0 aliphatic rings. The quantitative estimate of drug-likeness (QED) is 0.564. The minimum atomic E-state index is -1.06. The molecule has 28 heavy (non-hydrogen) atoms. The van der Waals surface area contributed by atoms with Gasteiger partial charge in [0.1, 0.15) is 0 Å². The number of benzene rings is 1. The zero-order chi connectivity index (χ0) is 20.5. The Morgan fingerprint density at radius 1 is 1.14 bits per heavy atom. The lowest BCUT2D eigenvalue weighted by molar-refractivity contribution is -0.137. The summed E-state index contributed by atoms with van der Waals surface area (Å²) < 4.78 is 15.3. The molecule has 2 aromatic rings. The van der Waals surface area contributed by atoms with Gasteiger partial charge < -0.3 is 29.6 Å². The summed E-state index contributed by atoms with van der Waals surface area (Å²) in [6, 6.07) is 7.25. The third kappa shape index (κ3) is 5.76. The number of hydrogen-bond donors (Lipinski definition) is 3. The molecule has 1 heterocycles. The first-order valence-corrected chi connectivity index (χ1v) is 8.49. The number of hydrogen-bond acceptors (Lipinski definition) is 6. The second-order valence-corrected chi connectivity index (χ2v) is 5.82. The number of carboxylic acid groups (broad SMARTS) is 1. The zero-order valence-corrected chi connectivity index (χ0v) is 15.6. The zero-order valence-electron chi connectivity index (χ0n) is 15.6. The molecule has 0 spiro atoms. The molecule has 150 valence electrons. The Kier molecular flexibility index (Phi) is 7.44. The molecule has 2 amide bonds. The smallest absolute Gasteiger partial charge is 0.305 e. The molecular weight excluding hydrogens is 368 g/mol. The first-order chi connectivity index (χ1) is 13.4. The van der Waals surface area contributed by atoms with Crippen LogP contribution >= 0.6 is 0 Å². The number of aliphatic carboxylic acids is 1. The highest BCUT2D eigenvalue weighted by atomic mass is 16.5. The Bertz CT molecular complexity index is 818. The van der Waals surface area contributed by atoms with E-state index in [9.17, 15) is 14.4 Å². The van der Waals surface area contributed by atoms with Gasteiger partial charge in [-0.05, 0) is 29.8 Å². The van der Waals surface area contributed by atoms with E-state index in [1.165, 1.54) is 26.5 Å². The topological polar surface area (TPSA) is 127 Å². The van der Waals surface area contributed by atoms with Crippen molar-refractivity contribution in [3.8, 4) is 11.5 Å². The fourth-order valence-corrected chi connectivity index (χ4v) is 2.55. The third-order valence-corrected chi connectivity index (χ3v) is 3.91. The first-order valence-electron chi connectivity index (χ1n) is 8.49. The van der Waals surface area contributed by atoms with Crippen LogP contribution in [0.25, 0.3) is 0 Å². The van der Waals surface area contributed by atoms with Crippen LogP contribution in [0.5, 0.6) is 11.5 Å². The first kappa shape index (κ1) is 20.8. The van der Waals surface area contributed by atoms with Gasteiger partial charge in [-0.3, -0.25) is 14.4 Å². The van der Waals surface area contributed by atoms with E-state index in [0.717, 1.165) is 0 Å². The summed E-state index contributed by atoms with van der Waals surface area (Å²) in [6.45, 7) is 0.0804. The van der Waals surface area contributed by atoms with Crippen LogP contribution in [0.2, 0.25) is 0 Å². The van der Waals surface area contributed by atoms with Gasteiger partial charge in [0.2, 0.25) is 5.91 Å². The molecule has 0 bridgehead atoms. The summed E-state index contributed by atoms with van der Waals surface area (Å²) >= 11 is 0. The third-order valence-electron chi connectivity index (χ3n) is 3.91. The lowest BCUT2D eigenvalue weighted by Gasteiger charge is -2.19. The molecule has 1 atom stereocenters. The highest BCUT2D eigenvalue weighted by Gasteiger charge is 2.20. The molecule has 0 saturated carbocycles. The maximum atomic E-state index is 12.2. The van der Waals surface area contributed by atoms with E-state index >= 15 is 0 Å². The van der Waals surface area contributed by atoms with Crippen LogP contribution in [0.15, 0.2) is 41.0 Å². The summed E-state index contributed by atoms with van der Waals surface area (Å²) in [6.07, 6.45) is 1.05. The SMILES string of the molecule is COc1ccc(C(CC(=O)O)NC(=O)CCNC(=O)c2ccco2)cc1OC. The Morgan fingerprint density at radius 3 is 2.50 bits per heavy atom. The van der Waals surface area contributed by atoms with Gasteiger partial charge in [-0.25, -0.2) is 0 Å². The van der Waals surface area contributed by atoms with Gasteiger partial charge in [0.05, 0.1) is 32.9 Å². The van der Waals surface area contributed by atoms with Crippen molar-refractivity contribution in [3.05, 3.63) is 47.9 Å². The minimum Gasteiger partial charge on any atom is -0.493 e. The average molecular weight is 390 g/mol. The normalized spacial score (nSPS) is 11.4. The lowest BCUT2D eigenvalue weighted by atomic mass is 10.0. The molecular formula is C19H22N2O7. The number of rotatable bonds is 10. The van der Waals surface area contributed by atoms with E-state index in [1.54, 1.807) is 24.3 Å². The molecule has 0 radical (unpaired) electrons. The van der Waals surface area contributed by atoms with Gasteiger partial charge >= 0.3 is 5.97 Å². The van der Waals surface area contributed by atoms with Crippen molar-refractivity contribution >= 4 is 17.8 Å². The summed E-state index contributed by atoms with van der Waals surface area (Å²) in [5, 5.41) is 14.4. The van der Waals surface area contributed by atoms with Crippen molar-refractivity contribution in [2.45, 2.75) is 18.9 Å². The van der Waals surface area contributed by atoms with Crippen molar-refractivity contribution < 1.29 is 33.4 Å². The average Bonchev–Trinajstić information content (AvgIpc) is 3.21. The second kappa shape index (κ2) is 10.0. The molecule has 0 saturated heterocycles. The number of carbonyl (C=O) groups excluding carboxylic acids is 2. The summed E-state index contributed by atoms with van der Waals surface area (Å²) in [5.41, 5.74) is 0.563. The molecule has 1 unspecified atom stereocenters. The number of furan rings is 1. The lowest BCUT2D eigenvalue weighted by Crippen LogP contribution is -2.33. The summed E-state index contributed by atoms with van der Waals surface area (Å²) in [5.74, 6) is -0.830. The molecule has 3 N–H and O–H groups in total. The van der Waals surface area contributed by atoms with Crippen LogP contribution in [-0.2, 0) is 9.59 Å². The summed E-state index contributed by atoms with van der Waals surface area (Å²) in [7, 11) is 2.96. The minimum absolute atomic E-state index is 0.0180. The largest absolute Gasteiger partial charge is 0.493 e. The highest BCUT2D eigenvalue weighted by Crippen LogP contribution is 2.31. The van der Waals surface area contributed by atoms with Crippen molar-refractivity contribution in [1.29, 1.82) is 0 Å². The van der Waals surface area contributed by atoms with E-state index in [1.807, 2.05) is 0 Å². The van der Waals surface area contributed by atoms with Crippen molar-refractivity contribution in [1.82, 2.24) is 10.6 Å². The van der Waals surface area contributed by atoms with Crippen molar-refractivity contribution in [3.63, 3.8) is 0 Å². The monoisotopic (exact) mass is 390 g/mol. The Labute approximate surface area is 161 Å². The van der Waals surface area contributed by atoms with E-state index in [2.05, 4.69) is 10.6 Å². The molecule has 9 nitrogen and oxygen atoms in total. The number of carbonyl (C=O) groups is 3. The van der Waals surface area contributed by atoms with Crippen molar-refractivity contribution in [2.75, 3.05) is 20.8 Å². The summed E-state index contributed by atoms with van der Waals surface area (Å²) in [4.78, 5) is 35.2. The second-order valence-electron chi connectivity index (χ2n) is 5.82. The molecule has 2 rings (SSSR count). The van der Waals surface area contributed by atoms with Crippen LogP contribution in [0.3, 0.4) is 0 Å². The van der Waals surface area contributed by atoms with Crippen LogP contribution in [0.1, 0.15) is 35.0 Å². The predicted molar refractivity (Wildman–Crippen MR) is 98.3 cm³/mol. The van der Waals surface area contributed by atoms with Gasteiger partial charge in [0.15, 0.2) is 17.3 Å². The van der Waals surface area contributed by atoms with E-state index < -0.39 is 23.8 Å². The van der Waals surface area contributed by atoms with Gasteiger partial charge in [0.25, 0.3) is 5.91 Å². The Morgan fingerprint density at radius 2 is 1.89 bits per heavy atom. The van der Waals surface area contributed by atoms with E-state index in [4.69, 9.17) is 19.0 Å². The van der Waals surface area contributed by atoms with Gasteiger partial charge in [-0.15, -0.1) is 0 Å². The molecule has 1 aromatic heterocycles. The Balaban J connectivity index is 1.98. The van der Waals surface area contributed by atoms with Gasteiger partial charge in [-0.2, -0.15) is 0 Å². The van der Waals surface area contributed by atoms with Crippen LogP contribution in [0, 0.1) is 0 Å². The fourth-order valence-electron chi connectivity index (χ4n) is 2.55. The predicted octanol–water partition coefficient (Wildman–Crippen LogP) is 1.75. The highest BCUT2D eigenvalue weighted by molar-refractivity contribution is 5.91.